The molecule has 0 aromatic carbocycles. The highest BCUT2D eigenvalue weighted by molar-refractivity contribution is 5.68. The van der Waals surface area contributed by atoms with Crippen LogP contribution in [-0.2, 0) is 0 Å². The zero-order chi connectivity index (χ0) is 14.9. The standard InChI is InChI=1S/C16H26N4/c1-5-13(4)20-14(8-17)7-15(18)16(20)19-9-11(2)6-12(3)10-19/h7,11-13H,5-6,9-10,18H2,1-4H3/t11-,12-,13-/m0/s1. The Labute approximate surface area is 122 Å². The topological polar surface area (TPSA) is 58.0 Å². The van der Waals surface area contributed by atoms with Gasteiger partial charge in [0.25, 0.3) is 0 Å². The summed E-state index contributed by atoms with van der Waals surface area (Å²) in [4.78, 5) is 2.38. The number of aromatic nitrogens is 1. The van der Waals surface area contributed by atoms with Gasteiger partial charge in [-0.2, -0.15) is 5.26 Å². The molecule has 0 bridgehead atoms. The maximum atomic E-state index is 9.36. The van der Waals surface area contributed by atoms with Crippen LogP contribution in [-0.4, -0.2) is 17.7 Å². The summed E-state index contributed by atoms with van der Waals surface area (Å²) in [5, 5.41) is 9.36. The van der Waals surface area contributed by atoms with Gasteiger partial charge in [0.1, 0.15) is 17.6 Å². The van der Waals surface area contributed by atoms with Gasteiger partial charge in [-0.3, -0.25) is 0 Å². The van der Waals surface area contributed by atoms with E-state index in [1.807, 2.05) is 6.07 Å². The van der Waals surface area contributed by atoms with E-state index in [0.29, 0.717) is 23.6 Å². The van der Waals surface area contributed by atoms with Gasteiger partial charge in [0.15, 0.2) is 0 Å². The molecular formula is C16H26N4. The zero-order valence-corrected chi connectivity index (χ0v) is 13.1. The highest BCUT2D eigenvalue weighted by Gasteiger charge is 2.27. The Morgan fingerprint density at radius 2 is 2.00 bits per heavy atom. The van der Waals surface area contributed by atoms with Crippen LogP contribution in [0.2, 0.25) is 0 Å². The van der Waals surface area contributed by atoms with Crippen LogP contribution in [0.3, 0.4) is 0 Å². The monoisotopic (exact) mass is 274 g/mol. The van der Waals surface area contributed by atoms with Crippen LogP contribution in [0.5, 0.6) is 0 Å². The number of anilines is 2. The van der Waals surface area contributed by atoms with Gasteiger partial charge in [-0.25, -0.2) is 0 Å². The van der Waals surface area contributed by atoms with E-state index >= 15 is 0 Å². The summed E-state index contributed by atoms with van der Waals surface area (Å²) >= 11 is 0. The molecule has 1 aromatic rings. The number of hydrogen-bond acceptors (Lipinski definition) is 3. The maximum Gasteiger partial charge on any atom is 0.133 e. The molecule has 1 aliphatic rings. The molecule has 0 unspecified atom stereocenters. The lowest BCUT2D eigenvalue weighted by atomic mass is 9.92. The fraction of sp³-hybridized carbons (Fsp3) is 0.688. The number of piperidine rings is 1. The van der Waals surface area contributed by atoms with Crippen molar-refractivity contribution in [2.24, 2.45) is 11.8 Å². The summed E-state index contributed by atoms with van der Waals surface area (Å²) in [7, 11) is 0. The van der Waals surface area contributed by atoms with E-state index in [0.717, 1.165) is 31.0 Å². The number of rotatable bonds is 3. The summed E-state index contributed by atoms with van der Waals surface area (Å²) in [5.41, 5.74) is 7.64. The lowest BCUT2D eigenvalue weighted by Crippen LogP contribution is -2.40. The number of nitrogens with two attached hydrogens (primary N) is 1. The molecule has 0 spiro atoms. The van der Waals surface area contributed by atoms with Crippen LogP contribution < -0.4 is 10.6 Å². The van der Waals surface area contributed by atoms with Crippen LogP contribution in [0, 0.1) is 23.2 Å². The molecule has 0 aliphatic carbocycles. The molecular weight excluding hydrogens is 248 g/mol. The van der Waals surface area contributed by atoms with E-state index in [9.17, 15) is 5.26 Å². The summed E-state index contributed by atoms with van der Waals surface area (Å²) in [6.45, 7) is 10.9. The van der Waals surface area contributed by atoms with E-state index in [1.165, 1.54) is 6.42 Å². The van der Waals surface area contributed by atoms with Crippen LogP contribution in [0.4, 0.5) is 11.5 Å². The molecule has 0 amide bonds. The first-order valence-electron chi connectivity index (χ1n) is 7.63. The molecule has 2 rings (SSSR count). The minimum absolute atomic E-state index is 0.296. The van der Waals surface area contributed by atoms with Gasteiger partial charge < -0.3 is 15.2 Å². The van der Waals surface area contributed by atoms with Crippen molar-refractivity contribution < 1.29 is 0 Å². The van der Waals surface area contributed by atoms with Gasteiger partial charge in [-0.05, 0) is 37.7 Å². The summed E-state index contributed by atoms with van der Waals surface area (Å²) in [6.07, 6.45) is 2.26. The second-order valence-corrected chi connectivity index (χ2v) is 6.40. The predicted molar refractivity (Wildman–Crippen MR) is 83.7 cm³/mol. The van der Waals surface area contributed by atoms with Gasteiger partial charge in [0.05, 0.1) is 5.69 Å². The summed E-state index contributed by atoms with van der Waals surface area (Å²) < 4.78 is 2.13. The van der Waals surface area contributed by atoms with Crippen molar-refractivity contribution in [3.63, 3.8) is 0 Å². The third kappa shape index (κ3) is 2.63. The average Bonchev–Trinajstić information content (AvgIpc) is 2.73. The molecule has 0 saturated carbocycles. The highest BCUT2D eigenvalue weighted by Crippen LogP contribution is 2.35. The first-order valence-corrected chi connectivity index (χ1v) is 7.63. The minimum Gasteiger partial charge on any atom is -0.396 e. The van der Waals surface area contributed by atoms with Crippen molar-refractivity contribution in [2.75, 3.05) is 23.7 Å². The SMILES string of the molecule is CC[C@H](C)n1c(C#N)cc(N)c1N1C[C@@H](C)C[C@H](C)C1. The van der Waals surface area contributed by atoms with Crippen molar-refractivity contribution in [1.29, 1.82) is 5.26 Å². The third-order valence-corrected chi connectivity index (χ3v) is 4.35. The van der Waals surface area contributed by atoms with Gasteiger partial charge in [-0.15, -0.1) is 0 Å². The Hall–Kier alpha value is -1.63. The summed E-state index contributed by atoms with van der Waals surface area (Å²) in [6, 6.07) is 4.41. The Morgan fingerprint density at radius 3 is 2.50 bits per heavy atom. The van der Waals surface area contributed by atoms with Gasteiger partial charge in [0, 0.05) is 19.1 Å². The van der Waals surface area contributed by atoms with Crippen molar-refractivity contribution in [1.82, 2.24) is 4.57 Å². The predicted octanol–water partition coefficient (Wildman–Crippen LogP) is 3.40. The van der Waals surface area contributed by atoms with E-state index in [2.05, 4.69) is 43.2 Å². The Morgan fingerprint density at radius 1 is 1.40 bits per heavy atom. The molecule has 110 valence electrons. The molecule has 2 N–H and O–H groups in total. The minimum atomic E-state index is 0.296. The van der Waals surface area contributed by atoms with E-state index in [-0.39, 0.29) is 0 Å². The second kappa shape index (κ2) is 5.78. The number of nitrogens with zero attached hydrogens (tertiary/aromatic N) is 3. The van der Waals surface area contributed by atoms with Gasteiger partial charge in [-0.1, -0.05) is 20.8 Å². The van der Waals surface area contributed by atoms with Crippen LogP contribution in [0.15, 0.2) is 6.07 Å². The number of hydrogen-bond donors (Lipinski definition) is 1. The van der Waals surface area contributed by atoms with Crippen LogP contribution in [0.25, 0.3) is 0 Å². The fourth-order valence-electron chi connectivity index (χ4n) is 3.42. The van der Waals surface area contributed by atoms with Crippen LogP contribution in [0.1, 0.15) is 52.3 Å². The molecule has 20 heavy (non-hydrogen) atoms. The van der Waals surface area contributed by atoms with Crippen molar-refractivity contribution in [3.8, 4) is 6.07 Å². The number of nitrogen functional groups attached to an aromatic ring is 1. The largest absolute Gasteiger partial charge is 0.396 e. The first kappa shape index (κ1) is 14.8. The highest BCUT2D eigenvalue weighted by atomic mass is 15.3. The molecule has 4 nitrogen and oxygen atoms in total. The maximum absolute atomic E-state index is 9.36. The molecule has 4 heteroatoms. The number of nitriles is 1. The first-order chi connectivity index (χ1) is 9.47. The molecule has 1 fully saturated rings. The van der Waals surface area contributed by atoms with Gasteiger partial charge >= 0.3 is 0 Å². The lowest BCUT2D eigenvalue weighted by molar-refractivity contribution is 0.351. The second-order valence-electron chi connectivity index (χ2n) is 6.40. The zero-order valence-electron chi connectivity index (χ0n) is 13.1. The molecule has 0 radical (unpaired) electrons. The lowest BCUT2D eigenvalue weighted by Gasteiger charge is -2.38. The Kier molecular flexibility index (Phi) is 4.27. The Bertz CT molecular complexity index is 501. The van der Waals surface area contributed by atoms with Gasteiger partial charge in [0.2, 0.25) is 0 Å². The quantitative estimate of drug-likeness (QED) is 0.919. The molecule has 1 saturated heterocycles. The van der Waals surface area contributed by atoms with E-state index in [1.54, 1.807) is 0 Å². The summed E-state index contributed by atoms with van der Waals surface area (Å²) in [5.74, 6) is 2.39. The van der Waals surface area contributed by atoms with E-state index in [4.69, 9.17) is 5.73 Å². The molecule has 1 aromatic heterocycles. The normalized spacial score (nSPS) is 24.4. The molecule has 1 aliphatic heterocycles. The smallest absolute Gasteiger partial charge is 0.133 e. The van der Waals surface area contributed by atoms with Crippen LogP contribution >= 0.6 is 0 Å². The average molecular weight is 274 g/mol. The Balaban J connectivity index is 2.45. The fourth-order valence-corrected chi connectivity index (χ4v) is 3.42. The van der Waals surface area contributed by atoms with Crippen molar-refractivity contribution in [2.45, 2.75) is 46.6 Å². The van der Waals surface area contributed by atoms with E-state index < -0.39 is 0 Å². The van der Waals surface area contributed by atoms with Crippen molar-refractivity contribution in [3.05, 3.63) is 11.8 Å². The molecule has 3 atom stereocenters. The molecule has 2 heterocycles. The third-order valence-electron chi connectivity index (χ3n) is 4.35. The van der Waals surface area contributed by atoms with Crippen molar-refractivity contribution >= 4 is 11.5 Å².